The Hall–Kier alpha value is -0.160. The molecule has 1 rings (SSSR count). The molecular weight excluding hydrogens is 276 g/mol. The van der Waals surface area contributed by atoms with Crippen LogP contribution in [0.1, 0.15) is 46.0 Å². The maximum Gasteiger partial charge on any atom is 0.295 e. The minimum Gasteiger partial charge on any atom is -0.466 e. The number of rotatable bonds is 7. The lowest BCUT2D eigenvalue weighted by molar-refractivity contribution is 0.204. The summed E-state index contributed by atoms with van der Waals surface area (Å²) < 4.78 is 6.40. The SMILES string of the molecule is CCCCCCC(C)Oc1nnc(Br)s1. The van der Waals surface area contributed by atoms with Crippen molar-refractivity contribution in [2.24, 2.45) is 0 Å². The third-order valence-electron chi connectivity index (χ3n) is 2.15. The fraction of sp³-hybridized carbons (Fsp3) is 0.800. The monoisotopic (exact) mass is 292 g/mol. The van der Waals surface area contributed by atoms with E-state index in [2.05, 4.69) is 40.0 Å². The Morgan fingerprint density at radius 2 is 2.13 bits per heavy atom. The molecule has 0 amide bonds. The number of nitrogens with zero attached hydrogens (tertiary/aromatic N) is 2. The molecule has 1 unspecified atom stereocenters. The van der Waals surface area contributed by atoms with E-state index >= 15 is 0 Å². The molecule has 86 valence electrons. The second-order valence-corrected chi connectivity index (χ2v) is 5.81. The minimum atomic E-state index is 0.238. The maximum absolute atomic E-state index is 5.63. The van der Waals surface area contributed by atoms with E-state index in [1.54, 1.807) is 0 Å². The molecule has 3 nitrogen and oxygen atoms in total. The second-order valence-electron chi connectivity index (χ2n) is 3.60. The van der Waals surface area contributed by atoms with E-state index in [1.165, 1.54) is 37.0 Å². The van der Waals surface area contributed by atoms with Crippen molar-refractivity contribution >= 4 is 27.3 Å². The number of aromatic nitrogens is 2. The van der Waals surface area contributed by atoms with Crippen LogP contribution >= 0.6 is 27.3 Å². The highest BCUT2D eigenvalue weighted by Crippen LogP contribution is 2.24. The zero-order valence-corrected chi connectivity index (χ0v) is 11.6. The van der Waals surface area contributed by atoms with Gasteiger partial charge in [-0.2, -0.15) is 0 Å². The van der Waals surface area contributed by atoms with E-state index in [9.17, 15) is 0 Å². The molecule has 1 aromatic rings. The van der Waals surface area contributed by atoms with Crippen LogP contribution in [-0.4, -0.2) is 16.3 Å². The fourth-order valence-corrected chi connectivity index (χ4v) is 2.34. The van der Waals surface area contributed by atoms with Gasteiger partial charge in [-0.05, 0) is 47.0 Å². The largest absolute Gasteiger partial charge is 0.466 e. The van der Waals surface area contributed by atoms with Crippen molar-refractivity contribution in [3.63, 3.8) is 0 Å². The van der Waals surface area contributed by atoms with Crippen LogP contribution < -0.4 is 4.74 Å². The summed E-state index contributed by atoms with van der Waals surface area (Å²) in [6.07, 6.45) is 6.45. The van der Waals surface area contributed by atoms with E-state index in [0.29, 0.717) is 5.19 Å². The predicted octanol–water partition coefficient (Wildman–Crippen LogP) is 4.04. The maximum atomic E-state index is 5.63. The van der Waals surface area contributed by atoms with Gasteiger partial charge < -0.3 is 4.74 Å². The Bertz CT molecular complexity index is 280. The quantitative estimate of drug-likeness (QED) is 0.712. The lowest BCUT2D eigenvalue weighted by Gasteiger charge is -2.10. The van der Waals surface area contributed by atoms with Crippen molar-refractivity contribution in [2.45, 2.75) is 52.1 Å². The molecule has 0 aliphatic rings. The summed E-state index contributed by atoms with van der Waals surface area (Å²) in [4.78, 5) is 0. The minimum absolute atomic E-state index is 0.238. The zero-order valence-electron chi connectivity index (χ0n) is 9.20. The molecule has 0 radical (unpaired) electrons. The first kappa shape index (κ1) is 12.9. The van der Waals surface area contributed by atoms with Gasteiger partial charge in [0.2, 0.25) is 0 Å². The van der Waals surface area contributed by atoms with Gasteiger partial charge in [-0.1, -0.05) is 31.3 Å². The van der Waals surface area contributed by atoms with Gasteiger partial charge in [0.05, 0.1) is 6.10 Å². The first-order valence-corrected chi connectivity index (χ1v) is 6.99. The normalized spacial score (nSPS) is 12.7. The number of hydrogen-bond acceptors (Lipinski definition) is 4. The Kier molecular flexibility index (Phi) is 6.17. The van der Waals surface area contributed by atoms with Gasteiger partial charge in [0.25, 0.3) is 5.19 Å². The zero-order chi connectivity index (χ0) is 11.1. The van der Waals surface area contributed by atoms with Crippen LogP contribution in [0.15, 0.2) is 3.92 Å². The molecule has 0 aromatic carbocycles. The molecule has 0 bridgehead atoms. The van der Waals surface area contributed by atoms with Crippen molar-refractivity contribution in [3.8, 4) is 5.19 Å². The van der Waals surface area contributed by atoms with Crippen LogP contribution in [0.2, 0.25) is 0 Å². The average Bonchev–Trinajstić information content (AvgIpc) is 2.59. The van der Waals surface area contributed by atoms with Crippen LogP contribution in [-0.2, 0) is 0 Å². The van der Waals surface area contributed by atoms with Crippen LogP contribution in [0.4, 0.5) is 0 Å². The van der Waals surface area contributed by atoms with E-state index < -0.39 is 0 Å². The number of unbranched alkanes of at least 4 members (excludes halogenated alkanes) is 3. The summed E-state index contributed by atoms with van der Waals surface area (Å²) in [6, 6.07) is 0. The topological polar surface area (TPSA) is 35.0 Å². The molecular formula is C10H17BrN2OS. The van der Waals surface area contributed by atoms with Crippen LogP contribution in [0.25, 0.3) is 0 Å². The molecule has 1 atom stereocenters. The molecule has 0 saturated carbocycles. The Balaban J connectivity index is 2.15. The van der Waals surface area contributed by atoms with Crippen molar-refractivity contribution in [2.75, 3.05) is 0 Å². The summed E-state index contributed by atoms with van der Waals surface area (Å²) >= 11 is 4.69. The highest BCUT2D eigenvalue weighted by atomic mass is 79.9. The molecule has 1 aromatic heterocycles. The molecule has 0 spiro atoms. The van der Waals surface area contributed by atoms with Gasteiger partial charge in [-0.15, -0.1) is 5.10 Å². The molecule has 0 saturated heterocycles. The summed E-state index contributed by atoms with van der Waals surface area (Å²) in [5.41, 5.74) is 0. The number of ether oxygens (including phenoxy) is 1. The van der Waals surface area contributed by atoms with Crippen LogP contribution in [0, 0.1) is 0 Å². The van der Waals surface area contributed by atoms with E-state index in [1.807, 2.05) is 0 Å². The highest BCUT2D eigenvalue weighted by molar-refractivity contribution is 9.11. The Morgan fingerprint density at radius 1 is 1.33 bits per heavy atom. The average molecular weight is 293 g/mol. The van der Waals surface area contributed by atoms with Gasteiger partial charge in [0, 0.05) is 0 Å². The summed E-state index contributed by atoms with van der Waals surface area (Å²) in [5.74, 6) is 0. The van der Waals surface area contributed by atoms with E-state index in [0.717, 1.165) is 10.3 Å². The van der Waals surface area contributed by atoms with Crippen molar-refractivity contribution in [1.82, 2.24) is 10.2 Å². The first-order chi connectivity index (χ1) is 7.22. The molecule has 0 aliphatic heterocycles. The van der Waals surface area contributed by atoms with Crippen LogP contribution in [0.3, 0.4) is 0 Å². The summed E-state index contributed by atoms with van der Waals surface area (Å²) in [7, 11) is 0. The van der Waals surface area contributed by atoms with Crippen molar-refractivity contribution < 1.29 is 4.74 Å². The van der Waals surface area contributed by atoms with E-state index in [-0.39, 0.29) is 6.10 Å². The Labute approximate surface area is 103 Å². The first-order valence-electron chi connectivity index (χ1n) is 5.38. The molecule has 1 heterocycles. The smallest absolute Gasteiger partial charge is 0.295 e. The fourth-order valence-electron chi connectivity index (χ4n) is 1.33. The molecule has 0 fully saturated rings. The molecule has 0 aliphatic carbocycles. The lowest BCUT2D eigenvalue weighted by Crippen LogP contribution is -2.11. The molecule has 5 heteroatoms. The second kappa shape index (κ2) is 7.17. The van der Waals surface area contributed by atoms with Crippen molar-refractivity contribution in [3.05, 3.63) is 3.92 Å². The summed E-state index contributed by atoms with van der Waals surface area (Å²) in [6.45, 7) is 4.31. The number of halogens is 1. The van der Waals surface area contributed by atoms with Crippen LogP contribution in [0.5, 0.6) is 5.19 Å². The van der Waals surface area contributed by atoms with Gasteiger partial charge in [-0.25, -0.2) is 0 Å². The van der Waals surface area contributed by atoms with Gasteiger partial charge in [-0.3, -0.25) is 0 Å². The van der Waals surface area contributed by atoms with Gasteiger partial charge in [0.15, 0.2) is 3.92 Å². The highest BCUT2D eigenvalue weighted by Gasteiger charge is 2.07. The van der Waals surface area contributed by atoms with Gasteiger partial charge >= 0.3 is 0 Å². The van der Waals surface area contributed by atoms with E-state index in [4.69, 9.17) is 4.74 Å². The Morgan fingerprint density at radius 3 is 2.73 bits per heavy atom. The van der Waals surface area contributed by atoms with Gasteiger partial charge in [0.1, 0.15) is 0 Å². The van der Waals surface area contributed by atoms with Crippen molar-refractivity contribution in [1.29, 1.82) is 0 Å². The molecule has 15 heavy (non-hydrogen) atoms. The lowest BCUT2D eigenvalue weighted by atomic mass is 10.1. The number of hydrogen-bond donors (Lipinski definition) is 0. The predicted molar refractivity (Wildman–Crippen MR) is 66.5 cm³/mol. The standard InChI is InChI=1S/C10H17BrN2OS/c1-3-4-5-6-7-8(2)14-10-13-12-9(11)15-10/h8H,3-7H2,1-2H3. The third-order valence-corrected chi connectivity index (χ3v) is 3.39. The molecule has 0 N–H and O–H groups in total. The third kappa shape index (κ3) is 5.47. The summed E-state index contributed by atoms with van der Waals surface area (Å²) in [5, 5.41) is 8.40.